The molecule has 0 spiro atoms. The molecule has 2 rings (SSSR count). The lowest BCUT2D eigenvalue weighted by Crippen LogP contribution is -2.15. The van der Waals surface area contributed by atoms with Crippen molar-refractivity contribution in [1.82, 2.24) is 5.43 Å². The molecule has 0 saturated heterocycles. The van der Waals surface area contributed by atoms with Gasteiger partial charge in [0.2, 0.25) is 6.23 Å². The van der Waals surface area contributed by atoms with Gasteiger partial charge >= 0.3 is 6.02 Å². The molecular weight excluding hydrogens is 200 g/mol. The second kappa shape index (κ2) is 3.45. The van der Waals surface area contributed by atoms with Gasteiger partial charge in [0, 0.05) is 17.7 Å². The molecule has 0 fully saturated rings. The van der Waals surface area contributed by atoms with Crippen LogP contribution in [0.4, 0.5) is 5.69 Å². The number of nitro groups is 1. The zero-order valence-electron chi connectivity index (χ0n) is 7.58. The molecule has 0 aromatic heterocycles. The molecule has 78 valence electrons. The minimum atomic E-state index is -0.551. The van der Waals surface area contributed by atoms with E-state index in [4.69, 9.17) is 10.5 Å². The van der Waals surface area contributed by atoms with E-state index in [9.17, 15) is 10.1 Å². The van der Waals surface area contributed by atoms with Crippen LogP contribution in [0.3, 0.4) is 0 Å². The predicted octanol–water partition coefficient (Wildman–Crippen LogP) is 0.443. The van der Waals surface area contributed by atoms with Gasteiger partial charge in [-0.2, -0.15) is 0 Å². The third kappa shape index (κ3) is 1.80. The summed E-state index contributed by atoms with van der Waals surface area (Å²) < 4.78 is 5.08. The van der Waals surface area contributed by atoms with E-state index < -0.39 is 11.2 Å². The summed E-state index contributed by atoms with van der Waals surface area (Å²) in [6.07, 6.45) is -0.551. The standard InChI is InChI=1S/C8H8N4O3/c9-8-11-10-7(15-8)5-2-1-3-6(4-5)12(13)14/h1-4,7,10H,(H2,9,11)/t7-/m0/s1. The SMILES string of the molecule is NC1=NN[C@H](c2cccc([N+](=O)[O-])c2)O1. The number of nitro benzene ring substituents is 1. The Morgan fingerprint density at radius 2 is 2.40 bits per heavy atom. The summed E-state index contributed by atoms with van der Waals surface area (Å²) in [6, 6.07) is 6.10. The minimum Gasteiger partial charge on any atom is -0.434 e. The van der Waals surface area contributed by atoms with Crippen molar-refractivity contribution in [3.8, 4) is 0 Å². The second-order valence-electron chi connectivity index (χ2n) is 2.93. The quantitative estimate of drug-likeness (QED) is 0.542. The maximum Gasteiger partial charge on any atom is 0.306 e. The van der Waals surface area contributed by atoms with Crippen LogP contribution >= 0.6 is 0 Å². The average Bonchev–Trinajstić information content (AvgIpc) is 2.65. The van der Waals surface area contributed by atoms with Crippen molar-refractivity contribution in [3.05, 3.63) is 39.9 Å². The van der Waals surface area contributed by atoms with Crippen LogP contribution in [0, 0.1) is 10.1 Å². The molecular formula is C8H8N4O3. The first-order chi connectivity index (χ1) is 7.16. The molecule has 7 heteroatoms. The van der Waals surface area contributed by atoms with Crippen LogP contribution in [-0.4, -0.2) is 10.9 Å². The molecule has 7 nitrogen and oxygen atoms in total. The Balaban J connectivity index is 2.23. The van der Waals surface area contributed by atoms with E-state index in [1.54, 1.807) is 12.1 Å². The summed E-state index contributed by atoms with van der Waals surface area (Å²) in [5, 5.41) is 14.1. The van der Waals surface area contributed by atoms with Gasteiger partial charge < -0.3 is 10.5 Å². The maximum atomic E-state index is 10.5. The van der Waals surface area contributed by atoms with E-state index in [1.165, 1.54) is 12.1 Å². The van der Waals surface area contributed by atoms with Gasteiger partial charge in [0.05, 0.1) is 4.92 Å². The smallest absolute Gasteiger partial charge is 0.306 e. The van der Waals surface area contributed by atoms with Crippen molar-refractivity contribution in [3.63, 3.8) is 0 Å². The van der Waals surface area contributed by atoms with E-state index in [2.05, 4.69) is 10.5 Å². The third-order valence-electron chi connectivity index (χ3n) is 1.91. The molecule has 15 heavy (non-hydrogen) atoms. The Bertz CT molecular complexity index is 432. The molecule has 3 N–H and O–H groups in total. The lowest BCUT2D eigenvalue weighted by molar-refractivity contribution is -0.385. The summed E-state index contributed by atoms with van der Waals surface area (Å²) in [5.74, 6) is 0. The van der Waals surface area contributed by atoms with E-state index >= 15 is 0 Å². The van der Waals surface area contributed by atoms with E-state index in [1.807, 2.05) is 0 Å². The number of rotatable bonds is 2. The van der Waals surface area contributed by atoms with Gasteiger partial charge in [-0.25, -0.2) is 0 Å². The molecule has 1 heterocycles. The maximum absolute atomic E-state index is 10.5. The highest BCUT2D eigenvalue weighted by Gasteiger charge is 2.20. The van der Waals surface area contributed by atoms with Crippen LogP contribution < -0.4 is 11.2 Å². The van der Waals surface area contributed by atoms with Crippen molar-refractivity contribution in [2.24, 2.45) is 10.8 Å². The van der Waals surface area contributed by atoms with Crippen molar-refractivity contribution in [2.75, 3.05) is 0 Å². The highest BCUT2D eigenvalue weighted by atomic mass is 16.6. The highest BCUT2D eigenvalue weighted by Crippen LogP contribution is 2.21. The third-order valence-corrected chi connectivity index (χ3v) is 1.91. The monoisotopic (exact) mass is 208 g/mol. The van der Waals surface area contributed by atoms with Crippen molar-refractivity contribution < 1.29 is 9.66 Å². The Morgan fingerprint density at radius 3 is 3.00 bits per heavy atom. The Hall–Kier alpha value is -2.31. The zero-order valence-corrected chi connectivity index (χ0v) is 7.58. The van der Waals surface area contributed by atoms with Gasteiger partial charge in [0.15, 0.2) is 0 Å². The molecule has 0 amide bonds. The van der Waals surface area contributed by atoms with Crippen molar-refractivity contribution in [2.45, 2.75) is 6.23 Å². The van der Waals surface area contributed by atoms with Gasteiger partial charge in [-0.3, -0.25) is 15.5 Å². The van der Waals surface area contributed by atoms with Crippen LogP contribution in [0.5, 0.6) is 0 Å². The minimum absolute atomic E-state index is 0.00312. The molecule has 1 atom stereocenters. The number of nitrogens with two attached hydrogens (primary N) is 1. The molecule has 1 aliphatic heterocycles. The number of hydrogen-bond donors (Lipinski definition) is 2. The van der Waals surface area contributed by atoms with Crippen molar-refractivity contribution >= 4 is 11.7 Å². The van der Waals surface area contributed by atoms with Gasteiger partial charge in [0.1, 0.15) is 0 Å². The van der Waals surface area contributed by atoms with Gasteiger partial charge in [-0.15, -0.1) is 5.10 Å². The van der Waals surface area contributed by atoms with Gasteiger partial charge in [-0.05, 0) is 0 Å². The van der Waals surface area contributed by atoms with E-state index in [0.717, 1.165) is 0 Å². The number of nitrogens with one attached hydrogen (secondary N) is 1. The fourth-order valence-corrected chi connectivity index (χ4v) is 1.24. The molecule has 0 unspecified atom stereocenters. The Morgan fingerprint density at radius 1 is 1.60 bits per heavy atom. The molecule has 1 aromatic carbocycles. The first kappa shape index (κ1) is 9.25. The lowest BCUT2D eigenvalue weighted by atomic mass is 10.2. The van der Waals surface area contributed by atoms with E-state index in [-0.39, 0.29) is 11.7 Å². The average molecular weight is 208 g/mol. The molecule has 0 aliphatic carbocycles. The van der Waals surface area contributed by atoms with Crippen LogP contribution in [0.1, 0.15) is 11.8 Å². The molecule has 1 aromatic rings. The molecule has 0 saturated carbocycles. The number of ether oxygens (including phenoxy) is 1. The summed E-state index contributed by atoms with van der Waals surface area (Å²) in [4.78, 5) is 10.1. The fraction of sp³-hybridized carbons (Fsp3) is 0.125. The van der Waals surface area contributed by atoms with Crippen LogP contribution in [0.25, 0.3) is 0 Å². The summed E-state index contributed by atoms with van der Waals surface area (Å²) in [7, 11) is 0. The second-order valence-corrected chi connectivity index (χ2v) is 2.93. The number of amidine groups is 1. The predicted molar refractivity (Wildman–Crippen MR) is 51.7 cm³/mol. The Kier molecular flexibility index (Phi) is 2.13. The van der Waals surface area contributed by atoms with Crippen molar-refractivity contribution in [1.29, 1.82) is 0 Å². The highest BCUT2D eigenvalue weighted by molar-refractivity contribution is 5.72. The summed E-state index contributed by atoms with van der Waals surface area (Å²) >= 11 is 0. The summed E-state index contributed by atoms with van der Waals surface area (Å²) in [5.41, 5.74) is 8.51. The normalized spacial score (nSPS) is 18.9. The van der Waals surface area contributed by atoms with Crippen LogP contribution in [0.2, 0.25) is 0 Å². The topological polar surface area (TPSA) is 103 Å². The summed E-state index contributed by atoms with van der Waals surface area (Å²) in [6.45, 7) is 0. The van der Waals surface area contributed by atoms with Gasteiger partial charge in [0.25, 0.3) is 5.69 Å². The number of nitrogens with zero attached hydrogens (tertiary/aromatic N) is 2. The molecule has 1 aliphatic rings. The Labute approximate surface area is 84.7 Å². The number of hydrazone groups is 1. The molecule has 0 bridgehead atoms. The fourth-order valence-electron chi connectivity index (χ4n) is 1.24. The van der Waals surface area contributed by atoms with Crippen LogP contribution in [0.15, 0.2) is 29.4 Å². The number of benzene rings is 1. The first-order valence-corrected chi connectivity index (χ1v) is 4.16. The largest absolute Gasteiger partial charge is 0.434 e. The van der Waals surface area contributed by atoms with Gasteiger partial charge in [-0.1, -0.05) is 12.1 Å². The first-order valence-electron chi connectivity index (χ1n) is 4.16. The lowest BCUT2D eigenvalue weighted by Gasteiger charge is -2.09. The number of hydrogen-bond acceptors (Lipinski definition) is 6. The van der Waals surface area contributed by atoms with Crippen LogP contribution in [-0.2, 0) is 4.74 Å². The number of non-ortho nitro benzene ring substituents is 1. The zero-order chi connectivity index (χ0) is 10.8. The molecule has 0 radical (unpaired) electrons. The van der Waals surface area contributed by atoms with E-state index in [0.29, 0.717) is 5.56 Å².